The fraction of sp³-hybridized carbons (Fsp3) is 0.706. The molecule has 3 heterocycles. The Morgan fingerprint density at radius 3 is 2.92 bits per heavy atom. The molecule has 1 aromatic heterocycles. The van der Waals surface area contributed by atoms with Crippen molar-refractivity contribution in [1.82, 2.24) is 20.2 Å². The number of anilines is 1. The molecule has 0 saturated carbocycles. The summed E-state index contributed by atoms with van der Waals surface area (Å²) in [6.45, 7) is 9.12. The largest absolute Gasteiger partial charge is 0.444 e. The van der Waals surface area contributed by atoms with Crippen LogP contribution in [0.25, 0.3) is 0 Å². The van der Waals surface area contributed by atoms with Gasteiger partial charge in [-0.05, 0) is 34.2 Å². The summed E-state index contributed by atoms with van der Waals surface area (Å²) in [5.41, 5.74) is 1.90. The first-order valence-electron chi connectivity index (χ1n) is 8.58. The Morgan fingerprint density at radius 1 is 1.38 bits per heavy atom. The van der Waals surface area contributed by atoms with Gasteiger partial charge in [0.25, 0.3) is 0 Å². The molecule has 1 saturated heterocycles. The van der Waals surface area contributed by atoms with E-state index in [-0.39, 0.29) is 12.1 Å². The first-order chi connectivity index (χ1) is 11.3. The molecule has 24 heavy (non-hydrogen) atoms. The van der Waals surface area contributed by atoms with Gasteiger partial charge in [0, 0.05) is 44.4 Å². The number of hydrogen-bond donors (Lipinski definition) is 1. The number of nitrogens with one attached hydrogen (secondary N) is 1. The summed E-state index contributed by atoms with van der Waals surface area (Å²) in [4.78, 5) is 25.6. The molecular formula is C17H27N5O2. The van der Waals surface area contributed by atoms with Gasteiger partial charge in [-0.2, -0.15) is 0 Å². The Labute approximate surface area is 143 Å². The normalized spacial score (nSPS) is 21.5. The predicted molar refractivity (Wildman–Crippen MR) is 92.1 cm³/mol. The van der Waals surface area contributed by atoms with Crippen LogP contribution in [0.3, 0.4) is 0 Å². The molecule has 132 valence electrons. The second kappa shape index (κ2) is 6.55. The van der Waals surface area contributed by atoms with E-state index in [0.29, 0.717) is 0 Å². The highest BCUT2D eigenvalue weighted by Crippen LogP contribution is 2.21. The number of nitrogens with zero attached hydrogens (tertiary/aromatic N) is 4. The standard InChI is InChI=1S/C17H27N5O2/c1-17(2,3)24-16(23)19-13-5-8-22(11-13)15-18-9-12-10-21(4)7-6-14(12)20-15/h9,13H,5-8,10-11H2,1-4H3,(H,19,23)/t13-/m1/s1. The quantitative estimate of drug-likeness (QED) is 0.886. The van der Waals surface area contributed by atoms with Crippen LogP contribution in [0.2, 0.25) is 0 Å². The molecule has 7 nitrogen and oxygen atoms in total. The molecule has 2 aliphatic heterocycles. The first-order valence-corrected chi connectivity index (χ1v) is 8.58. The van der Waals surface area contributed by atoms with E-state index in [9.17, 15) is 4.79 Å². The smallest absolute Gasteiger partial charge is 0.407 e. The monoisotopic (exact) mass is 333 g/mol. The Bertz CT molecular complexity index is 613. The van der Waals surface area contributed by atoms with Crippen molar-refractivity contribution in [2.45, 2.75) is 51.8 Å². The van der Waals surface area contributed by atoms with Crippen LogP contribution >= 0.6 is 0 Å². The van der Waals surface area contributed by atoms with Crippen molar-refractivity contribution in [1.29, 1.82) is 0 Å². The maximum absolute atomic E-state index is 11.9. The number of alkyl carbamates (subject to hydrolysis) is 1. The van der Waals surface area contributed by atoms with Gasteiger partial charge < -0.3 is 19.9 Å². The van der Waals surface area contributed by atoms with Crippen molar-refractivity contribution in [2.24, 2.45) is 0 Å². The molecule has 3 rings (SSSR count). The minimum Gasteiger partial charge on any atom is -0.444 e. The fourth-order valence-corrected chi connectivity index (χ4v) is 3.13. The summed E-state index contributed by atoms with van der Waals surface area (Å²) < 4.78 is 5.32. The van der Waals surface area contributed by atoms with Crippen molar-refractivity contribution in [3.63, 3.8) is 0 Å². The number of hydrogen-bond acceptors (Lipinski definition) is 6. The van der Waals surface area contributed by atoms with Gasteiger partial charge in [0.15, 0.2) is 0 Å². The number of carbonyl (C=O) groups is 1. The van der Waals surface area contributed by atoms with Crippen molar-refractivity contribution in [2.75, 3.05) is 31.6 Å². The van der Waals surface area contributed by atoms with E-state index < -0.39 is 5.60 Å². The maximum atomic E-state index is 11.9. The lowest BCUT2D eigenvalue weighted by Gasteiger charge is -2.25. The van der Waals surface area contributed by atoms with E-state index in [0.717, 1.165) is 50.7 Å². The van der Waals surface area contributed by atoms with Gasteiger partial charge in [0.2, 0.25) is 5.95 Å². The van der Waals surface area contributed by atoms with Gasteiger partial charge in [0.05, 0.1) is 11.7 Å². The molecule has 1 atom stereocenters. The summed E-state index contributed by atoms with van der Waals surface area (Å²) in [6.07, 6.45) is 3.43. The third-order valence-corrected chi connectivity index (χ3v) is 4.30. The average molecular weight is 333 g/mol. The van der Waals surface area contributed by atoms with Crippen molar-refractivity contribution in [3.8, 4) is 0 Å². The number of aromatic nitrogens is 2. The maximum Gasteiger partial charge on any atom is 0.407 e. The fourth-order valence-electron chi connectivity index (χ4n) is 3.13. The first kappa shape index (κ1) is 17.0. The molecule has 0 aliphatic carbocycles. The number of likely N-dealkylation sites (N-methyl/N-ethyl adjacent to an activating group) is 1. The zero-order chi connectivity index (χ0) is 17.3. The van der Waals surface area contributed by atoms with Crippen molar-refractivity contribution in [3.05, 3.63) is 17.5 Å². The van der Waals surface area contributed by atoms with Gasteiger partial charge in [-0.3, -0.25) is 0 Å². The summed E-state index contributed by atoms with van der Waals surface area (Å²) in [7, 11) is 2.12. The highest BCUT2D eigenvalue weighted by atomic mass is 16.6. The van der Waals surface area contributed by atoms with Crippen LogP contribution in [-0.2, 0) is 17.7 Å². The van der Waals surface area contributed by atoms with Gasteiger partial charge in [-0.25, -0.2) is 14.8 Å². The number of rotatable bonds is 2. The van der Waals surface area contributed by atoms with Crippen LogP contribution in [0, 0.1) is 0 Å². The Morgan fingerprint density at radius 2 is 2.17 bits per heavy atom. The third kappa shape index (κ3) is 4.14. The molecule has 0 unspecified atom stereocenters. The summed E-state index contributed by atoms with van der Waals surface area (Å²) in [6, 6.07) is 0.0746. The number of carbonyl (C=O) groups excluding carboxylic acids is 1. The van der Waals surface area contributed by atoms with E-state index in [1.165, 1.54) is 5.56 Å². The Kier molecular flexibility index (Phi) is 4.62. The van der Waals surface area contributed by atoms with Gasteiger partial charge in [-0.15, -0.1) is 0 Å². The SMILES string of the molecule is CN1CCc2nc(N3CC[C@@H](NC(=O)OC(C)(C)C)C3)ncc2C1. The highest BCUT2D eigenvalue weighted by Gasteiger charge is 2.28. The third-order valence-electron chi connectivity index (χ3n) is 4.30. The minimum absolute atomic E-state index is 0.0746. The van der Waals surface area contributed by atoms with E-state index in [4.69, 9.17) is 9.72 Å². The van der Waals surface area contributed by atoms with Crippen molar-refractivity contribution >= 4 is 12.0 Å². The lowest BCUT2D eigenvalue weighted by atomic mass is 10.1. The molecule has 0 aromatic carbocycles. The van der Waals surface area contributed by atoms with Crippen LogP contribution < -0.4 is 10.2 Å². The summed E-state index contributed by atoms with van der Waals surface area (Å²) in [5.74, 6) is 0.770. The zero-order valence-electron chi connectivity index (χ0n) is 15.0. The van der Waals surface area contributed by atoms with Crippen LogP contribution in [-0.4, -0.2) is 59.3 Å². The molecule has 1 fully saturated rings. The average Bonchev–Trinajstić information content (AvgIpc) is 2.93. The van der Waals surface area contributed by atoms with Crippen LogP contribution in [0.4, 0.5) is 10.7 Å². The molecule has 0 spiro atoms. The molecule has 1 N–H and O–H groups in total. The van der Waals surface area contributed by atoms with E-state index in [1.54, 1.807) is 0 Å². The Hall–Kier alpha value is -1.89. The number of fused-ring (bicyclic) bond motifs is 1. The van der Waals surface area contributed by atoms with E-state index in [2.05, 4.69) is 27.1 Å². The lowest BCUT2D eigenvalue weighted by Crippen LogP contribution is -2.40. The molecule has 7 heteroatoms. The molecular weight excluding hydrogens is 306 g/mol. The zero-order valence-corrected chi connectivity index (χ0v) is 15.0. The van der Waals surface area contributed by atoms with Crippen LogP contribution in [0.1, 0.15) is 38.4 Å². The minimum atomic E-state index is -0.475. The van der Waals surface area contributed by atoms with Crippen LogP contribution in [0.5, 0.6) is 0 Å². The van der Waals surface area contributed by atoms with E-state index >= 15 is 0 Å². The topological polar surface area (TPSA) is 70.6 Å². The number of ether oxygens (including phenoxy) is 1. The van der Waals surface area contributed by atoms with Crippen LogP contribution in [0.15, 0.2) is 6.20 Å². The molecule has 1 amide bonds. The van der Waals surface area contributed by atoms with Gasteiger partial charge in [0.1, 0.15) is 5.60 Å². The molecule has 2 aliphatic rings. The summed E-state index contributed by atoms with van der Waals surface area (Å²) in [5, 5.41) is 2.94. The Balaban J connectivity index is 1.59. The van der Waals surface area contributed by atoms with E-state index in [1.807, 2.05) is 27.0 Å². The molecule has 0 bridgehead atoms. The summed E-state index contributed by atoms with van der Waals surface area (Å²) >= 11 is 0. The lowest BCUT2D eigenvalue weighted by molar-refractivity contribution is 0.0509. The second-order valence-electron chi connectivity index (χ2n) is 7.71. The van der Waals surface area contributed by atoms with Gasteiger partial charge >= 0.3 is 6.09 Å². The van der Waals surface area contributed by atoms with Crippen molar-refractivity contribution < 1.29 is 9.53 Å². The van der Waals surface area contributed by atoms with Gasteiger partial charge in [-0.1, -0.05) is 0 Å². The molecule has 1 aromatic rings. The predicted octanol–water partition coefficient (Wildman–Crippen LogP) is 1.57. The molecule has 0 radical (unpaired) electrons. The number of amides is 1. The second-order valence-corrected chi connectivity index (χ2v) is 7.71. The highest BCUT2D eigenvalue weighted by molar-refractivity contribution is 5.68.